The summed E-state index contributed by atoms with van der Waals surface area (Å²) in [5.41, 5.74) is 5.99. The molecular formula is C10H12FNO. The Labute approximate surface area is 76.8 Å². The quantitative estimate of drug-likeness (QED) is 0.771. The summed E-state index contributed by atoms with van der Waals surface area (Å²) in [6, 6.07) is 4.76. The van der Waals surface area contributed by atoms with Crippen LogP contribution in [-0.4, -0.2) is 13.7 Å². The van der Waals surface area contributed by atoms with Crippen molar-refractivity contribution in [2.45, 2.75) is 0 Å². The molecule has 0 aromatic heterocycles. The van der Waals surface area contributed by atoms with Crippen LogP contribution in [0.3, 0.4) is 0 Å². The number of halogens is 1. The van der Waals surface area contributed by atoms with Crippen molar-refractivity contribution in [3.63, 3.8) is 0 Å². The molecule has 0 radical (unpaired) electrons. The average molecular weight is 181 g/mol. The lowest BCUT2D eigenvalue weighted by atomic mass is 10.2. The Bertz CT molecular complexity index is 310. The van der Waals surface area contributed by atoms with E-state index in [1.54, 1.807) is 24.3 Å². The first-order chi connectivity index (χ1) is 6.29. The second kappa shape index (κ2) is 4.62. The Morgan fingerprint density at radius 2 is 2.31 bits per heavy atom. The van der Waals surface area contributed by atoms with Gasteiger partial charge < -0.3 is 10.5 Å². The summed E-state index contributed by atoms with van der Waals surface area (Å²) >= 11 is 0. The van der Waals surface area contributed by atoms with Crippen LogP contribution in [0.4, 0.5) is 4.39 Å². The first-order valence-electron chi connectivity index (χ1n) is 3.98. The Morgan fingerprint density at radius 3 is 2.92 bits per heavy atom. The van der Waals surface area contributed by atoms with Crippen LogP contribution in [-0.2, 0) is 0 Å². The summed E-state index contributed by atoms with van der Waals surface area (Å²) in [5.74, 6) is -0.103. The second-order valence-corrected chi connectivity index (χ2v) is 2.50. The molecule has 0 saturated heterocycles. The summed E-state index contributed by atoms with van der Waals surface area (Å²) < 4.78 is 18.0. The first-order valence-corrected chi connectivity index (χ1v) is 3.98. The lowest BCUT2D eigenvalue weighted by Crippen LogP contribution is -1.94. The minimum absolute atomic E-state index is 0.257. The summed E-state index contributed by atoms with van der Waals surface area (Å²) in [6.45, 7) is 0.430. The van der Waals surface area contributed by atoms with E-state index in [9.17, 15) is 4.39 Å². The van der Waals surface area contributed by atoms with E-state index in [0.717, 1.165) is 0 Å². The van der Waals surface area contributed by atoms with Gasteiger partial charge in [0.1, 0.15) is 0 Å². The highest BCUT2D eigenvalue weighted by Gasteiger charge is 2.04. The maximum atomic E-state index is 13.1. The minimum atomic E-state index is -0.360. The molecule has 0 amide bonds. The fourth-order valence-electron chi connectivity index (χ4n) is 1.07. The topological polar surface area (TPSA) is 35.2 Å². The monoisotopic (exact) mass is 181 g/mol. The number of hydrogen-bond donors (Lipinski definition) is 1. The summed E-state index contributed by atoms with van der Waals surface area (Å²) in [5, 5.41) is 0. The molecule has 0 aliphatic heterocycles. The van der Waals surface area contributed by atoms with Crippen molar-refractivity contribution in [3.8, 4) is 5.75 Å². The number of para-hydroxylation sites is 1. The van der Waals surface area contributed by atoms with Crippen molar-refractivity contribution in [3.05, 3.63) is 35.7 Å². The van der Waals surface area contributed by atoms with Gasteiger partial charge in [-0.2, -0.15) is 0 Å². The molecule has 70 valence electrons. The van der Waals surface area contributed by atoms with Crippen LogP contribution in [0, 0.1) is 5.82 Å². The molecule has 3 heteroatoms. The zero-order valence-corrected chi connectivity index (χ0v) is 7.46. The molecule has 0 fully saturated rings. The fourth-order valence-corrected chi connectivity index (χ4v) is 1.07. The van der Waals surface area contributed by atoms with Crippen molar-refractivity contribution in [1.29, 1.82) is 0 Å². The molecule has 1 rings (SSSR count). The van der Waals surface area contributed by atoms with Gasteiger partial charge in [-0.25, -0.2) is 4.39 Å². The van der Waals surface area contributed by atoms with Crippen LogP contribution >= 0.6 is 0 Å². The van der Waals surface area contributed by atoms with Gasteiger partial charge in [0.25, 0.3) is 0 Å². The number of nitrogens with two attached hydrogens (primary N) is 1. The Kier molecular flexibility index (Phi) is 3.46. The third kappa shape index (κ3) is 2.29. The maximum absolute atomic E-state index is 13.1. The Hall–Kier alpha value is -1.35. The number of ether oxygens (including phenoxy) is 1. The molecule has 0 unspecified atom stereocenters. The fraction of sp³-hybridized carbons (Fsp3) is 0.200. The summed E-state index contributed by atoms with van der Waals surface area (Å²) in [4.78, 5) is 0. The summed E-state index contributed by atoms with van der Waals surface area (Å²) in [7, 11) is 1.44. The highest BCUT2D eigenvalue weighted by Crippen LogP contribution is 2.22. The van der Waals surface area contributed by atoms with Gasteiger partial charge in [0.05, 0.1) is 7.11 Å². The largest absolute Gasteiger partial charge is 0.493 e. The van der Waals surface area contributed by atoms with E-state index in [0.29, 0.717) is 12.1 Å². The van der Waals surface area contributed by atoms with E-state index in [2.05, 4.69) is 0 Å². The molecule has 0 aliphatic rings. The molecule has 1 aromatic rings. The van der Waals surface area contributed by atoms with Gasteiger partial charge in [-0.15, -0.1) is 0 Å². The van der Waals surface area contributed by atoms with Crippen LogP contribution < -0.4 is 10.5 Å². The number of rotatable bonds is 3. The third-order valence-electron chi connectivity index (χ3n) is 1.64. The van der Waals surface area contributed by atoms with E-state index in [1.807, 2.05) is 0 Å². The highest BCUT2D eigenvalue weighted by molar-refractivity contribution is 5.57. The molecule has 0 aliphatic carbocycles. The van der Waals surface area contributed by atoms with Gasteiger partial charge >= 0.3 is 0 Å². The molecule has 1 aromatic carbocycles. The molecule has 0 atom stereocenters. The lowest BCUT2D eigenvalue weighted by Gasteiger charge is -2.04. The zero-order chi connectivity index (χ0) is 9.68. The van der Waals surface area contributed by atoms with Crippen LogP contribution in [0.5, 0.6) is 5.75 Å². The highest BCUT2D eigenvalue weighted by atomic mass is 19.1. The lowest BCUT2D eigenvalue weighted by molar-refractivity contribution is 0.385. The average Bonchev–Trinajstić information content (AvgIpc) is 2.15. The normalized spacial score (nSPS) is 10.7. The first kappa shape index (κ1) is 9.74. The number of methoxy groups -OCH3 is 1. The maximum Gasteiger partial charge on any atom is 0.165 e. The van der Waals surface area contributed by atoms with Gasteiger partial charge in [0, 0.05) is 12.1 Å². The third-order valence-corrected chi connectivity index (χ3v) is 1.64. The molecule has 0 saturated carbocycles. The van der Waals surface area contributed by atoms with Gasteiger partial charge in [0.2, 0.25) is 0 Å². The molecule has 0 spiro atoms. The smallest absolute Gasteiger partial charge is 0.165 e. The second-order valence-electron chi connectivity index (χ2n) is 2.50. The number of benzene rings is 1. The molecule has 0 heterocycles. The minimum Gasteiger partial charge on any atom is -0.493 e. The summed E-state index contributed by atoms with van der Waals surface area (Å²) in [6.07, 6.45) is 3.49. The van der Waals surface area contributed by atoms with Crippen molar-refractivity contribution in [2.75, 3.05) is 13.7 Å². The molecule has 13 heavy (non-hydrogen) atoms. The SMILES string of the molecule is COc1c(F)cccc1/C=C/CN. The van der Waals surface area contributed by atoms with E-state index in [1.165, 1.54) is 13.2 Å². The Morgan fingerprint density at radius 1 is 1.54 bits per heavy atom. The standard InChI is InChI=1S/C10H12FNO/c1-13-10-8(5-3-7-12)4-2-6-9(10)11/h2-6H,7,12H2,1H3/b5-3+. The zero-order valence-electron chi connectivity index (χ0n) is 7.46. The van der Waals surface area contributed by atoms with E-state index in [-0.39, 0.29) is 11.6 Å². The van der Waals surface area contributed by atoms with Crippen molar-refractivity contribution in [2.24, 2.45) is 5.73 Å². The van der Waals surface area contributed by atoms with Gasteiger partial charge in [-0.1, -0.05) is 24.3 Å². The van der Waals surface area contributed by atoms with Gasteiger partial charge in [0.15, 0.2) is 11.6 Å². The predicted molar refractivity (Wildman–Crippen MR) is 51.0 cm³/mol. The van der Waals surface area contributed by atoms with E-state index in [4.69, 9.17) is 10.5 Å². The van der Waals surface area contributed by atoms with Crippen molar-refractivity contribution in [1.82, 2.24) is 0 Å². The van der Waals surface area contributed by atoms with Crippen molar-refractivity contribution >= 4 is 6.08 Å². The van der Waals surface area contributed by atoms with E-state index >= 15 is 0 Å². The van der Waals surface area contributed by atoms with Crippen LogP contribution in [0.15, 0.2) is 24.3 Å². The van der Waals surface area contributed by atoms with E-state index < -0.39 is 0 Å². The predicted octanol–water partition coefficient (Wildman–Crippen LogP) is 1.81. The van der Waals surface area contributed by atoms with Crippen LogP contribution in [0.1, 0.15) is 5.56 Å². The molecule has 2 N–H and O–H groups in total. The van der Waals surface area contributed by atoms with Crippen LogP contribution in [0.25, 0.3) is 6.08 Å². The number of hydrogen-bond acceptors (Lipinski definition) is 2. The van der Waals surface area contributed by atoms with Gasteiger partial charge in [-0.3, -0.25) is 0 Å². The van der Waals surface area contributed by atoms with Gasteiger partial charge in [-0.05, 0) is 6.07 Å². The molecular weight excluding hydrogens is 169 g/mol. The molecule has 2 nitrogen and oxygen atoms in total. The Balaban J connectivity index is 3.05. The molecule has 0 bridgehead atoms. The van der Waals surface area contributed by atoms with Crippen LogP contribution in [0.2, 0.25) is 0 Å². The van der Waals surface area contributed by atoms with Crippen molar-refractivity contribution < 1.29 is 9.13 Å².